The predicted molar refractivity (Wildman–Crippen MR) is 106 cm³/mol. The van der Waals surface area contributed by atoms with Crippen LogP contribution in [0.4, 0.5) is 4.39 Å². The standard InChI is InChI=1S/C22H22FN3O2/c1-13-5-6-14(2)19(11-13)21(27)24-25-22(28)20-12-15(3)26(16(20)4)18-9-7-17(23)8-10-18/h5-12H,1-4H3,(H,24,27)(H,25,28). The number of hydrogen-bond donors (Lipinski definition) is 2. The summed E-state index contributed by atoms with van der Waals surface area (Å²) in [5.41, 5.74) is 9.96. The van der Waals surface area contributed by atoms with E-state index in [1.54, 1.807) is 31.2 Å². The quantitative estimate of drug-likeness (QED) is 0.678. The van der Waals surface area contributed by atoms with E-state index in [4.69, 9.17) is 0 Å². The van der Waals surface area contributed by atoms with Crippen LogP contribution in [0.3, 0.4) is 0 Å². The molecule has 0 atom stereocenters. The predicted octanol–water partition coefficient (Wildman–Crippen LogP) is 3.92. The number of halogens is 1. The molecule has 0 aliphatic heterocycles. The lowest BCUT2D eigenvalue weighted by Crippen LogP contribution is -2.42. The van der Waals surface area contributed by atoms with Crippen molar-refractivity contribution in [3.8, 4) is 5.69 Å². The van der Waals surface area contributed by atoms with E-state index in [1.165, 1.54) is 12.1 Å². The SMILES string of the molecule is Cc1ccc(C)c(C(=O)NNC(=O)c2cc(C)n(-c3ccc(F)cc3)c2C)c1. The van der Waals surface area contributed by atoms with Crippen LogP contribution < -0.4 is 10.9 Å². The fraction of sp³-hybridized carbons (Fsp3) is 0.182. The Bertz CT molecular complexity index is 1050. The van der Waals surface area contributed by atoms with Gasteiger partial charge in [0.1, 0.15) is 5.82 Å². The van der Waals surface area contributed by atoms with Crippen LogP contribution in [-0.4, -0.2) is 16.4 Å². The number of nitrogens with one attached hydrogen (secondary N) is 2. The minimum Gasteiger partial charge on any atom is -0.318 e. The number of hydrazine groups is 1. The third-order valence-corrected chi connectivity index (χ3v) is 4.69. The Morgan fingerprint density at radius 2 is 1.43 bits per heavy atom. The highest BCUT2D eigenvalue weighted by molar-refractivity contribution is 6.00. The van der Waals surface area contributed by atoms with Gasteiger partial charge in [-0.2, -0.15) is 0 Å². The molecule has 0 saturated carbocycles. The van der Waals surface area contributed by atoms with Crippen molar-refractivity contribution in [2.45, 2.75) is 27.7 Å². The number of hydrogen-bond acceptors (Lipinski definition) is 2. The van der Waals surface area contributed by atoms with Crippen LogP contribution in [-0.2, 0) is 0 Å². The molecular weight excluding hydrogens is 357 g/mol. The topological polar surface area (TPSA) is 63.1 Å². The van der Waals surface area contributed by atoms with Gasteiger partial charge < -0.3 is 4.57 Å². The van der Waals surface area contributed by atoms with Gasteiger partial charge in [-0.3, -0.25) is 20.4 Å². The van der Waals surface area contributed by atoms with E-state index < -0.39 is 5.91 Å². The van der Waals surface area contributed by atoms with Crippen LogP contribution in [0.25, 0.3) is 5.69 Å². The molecule has 0 unspecified atom stereocenters. The molecule has 0 aliphatic carbocycles. The molecular formula is C22H22FN3O2. The molecule has 2 amide bonds. The van der Waals surface area contributed by atoms with E-state index in [9.17, 15) is 14.0 Å². The summed E-state index contributed by atoms with van der Waals surface area (Å²) in [5, 5.41) is 0. The van der Waals surface area contributed by atoms with Crippen molar-refractivity contribution in [3.05, 3.63) is 88.0 Å². The number of benzene rings is 2. The highest BCUT2D eigenvalue weighted by Crippen LogP contribution is 2.21. The third kappa shape index (κ3) is 3.81. The first-order valence-corrected chi connectivity index (χ1v) is 8.90. The Kier molecular flexibility index (Phi) is 5.31. The Morgan fingerprint density at radius 1 is 0.821 bits per heavy atom. The van der Waals surface area contributed by atoms with Gasteiger partial charge >= 0.3 is 0 Å². The summed E-state index contributed by atoms with van der Waals surface area (Å²) in [7, 11) is 0. The molecule has 0 bridgehead atoms. The van der Waals surface area contributed by atoms with E-state index in [0.717, 1.165) is 22.5 Å². The highest BCUT2D eigenvalue weighted by Gasteiger charge is 2.18. The monoisotopic (exact) mass is 379 g/mol. The van der Waals surface area contributed by atoms with Gasteiger partial charge in [-0.1, -0.05) is 17.7 Å². The van der Waals surface area contributed by atoms with E-state index in [1.807, 2.05) is 37.5 Å². The first kappa shape index (κ1) is 19.4. The van der Waals surface area contributed by atoms with Gasteiger partial charge in [-0.25, -0.2) is 4.39 Å². The Hall–Kier alpha value is -3.41. The molecule has 0 aliphatic rings. The van der Waals surface area contributed by atoms with Gasteiger partial charge in [0.2, 0.25) is 0 Å². The van der Waals surface area contributed by atoms with Crippen molar-refractivity contribution in [2.24, 2.45) is 0 Å². The average Bonchev–Trinajstić information content (AvgIpc) is 2.96. The van der Waals surface area contributed by atoms with Crippen molar-refractivity contribution in [1.29, 1.82) is 0 Å². The molecule has 0 spiro atoms. The van der Waals surface area contributed by atoms with Gasteiger partial charge in [-0.05, 0) is 69.7 Å². The fourth-order valence-electron chi connectivity index (χ4n) is 3.21. The molecule has 0 saturated heterocycles. The number of aryl methyl sites for hydroxylation is 3. The lowest BCUT2D eigenvalue weighted by Gasteiger charge is -2.11. The van der Waals surface area contributed by atoms with Crippen molar-refractivity contribution in [3.63, 3.8) is 0 Å². The largest absolute Gasteiger partial charge is 0.318 e. The number of nitrogens with zero attached hydrogens (tertiary/aromatic N) is 1. The van der Waals surface area contributed by atoms with Gasteiger partial charge in [0.15, 0.2) is 0 Å². The zero-order valence-electron chi connectivity index (χ0n) is 16.3. The number of carbonyl (C=O) groups excluding carboxylic acids is 2. The molecule has 3 rings (SSSR count). The zero-order chi connectivity index (χ0) is 20.4. The fourth-order valence-corrected chi connectivity index (χ4v) is 3.21. The molecule has 0 fully saturated rings. The van der Waals surface area contributed by atoms with Crippen LogP contribution in [0.2, 0.25) is 0 Å². The van der Waals surface area contributed by atoms with Crippen molar-refractivity contribution >= 4 is 11.8 Å². The van der Waals surface area contributed by atoms with Gasteiger partial charge in [0.05, 0.1) is 5.56 Å². The lowest BCUT2D eigenvalue weighted by atomic mass is 10.1. The Labute approximate surface area is 163 Å². The number of aromatic nitrogens is 1. The lowest BCUT2D eigenvalue weighted by molar-refractivity contribution is 0.0846. The number of amides is 2. The van der Waals surface area contributed by atoms with E-state index >= 15 is 0 Å². The minimum atomic E-state index is -0.417. The highest BCUT2D eigenvalue weighted by atomic mass is 19.1. The first-order chi connectivity index (χ1) is 13.3. The van der Waals surface area contributed by atoms with E-state index in [0.29, 0.717) is 16.8 Å². The Balaban J connectivity index is 1.78. The molecule has 2 aromatic carbocycles. The molecule has 0 radical (unpaired) electrons. The minimum absolute atomic E-state index is 0.321. The van der Waals surface area contributed by atoms with Crippen molar-refractivity contribution in [1.82, 2.24) is 15.4 Å². The molecule has 144 valence electrons. The van der Waals surface area contributed by atoms with E-state index in [2.05, 4.69) is 10.9 Å². The van der Waals surface area contributed by atoms with Gasteiger partial charge in [0.25, 0.3) is 11.8 Å². The van der Waals surface area contributed by atoms with Crippen LogP contribution in [0.5, 0.6) is 0 Å². The van der Waals surface area contributed by atoms with Crippen LogP contribution in [0, 0.1) is 33.5 Å². The zero-order valence-corrected chi connectivity index (χ0v) is 16.3. The van der Waals surface area contributed by atoms with Crippen LogP contribution in [0.15, 0.2) is 48.5 Å². The maximum Gasteiger partial charge on any atom is 0.271 e. The second kappa shape index (κ2) is 7.68. The van der Waals surface area contributed by atoms with Crippen molar-refractivity contribution < 1.29 is 14.0 Å². The average molecular weight is 379 g/mol. The maximum atomic E-state index is 13.2. The molecule has 3 aromatic rings. The van der Waals surface area contributed by atoms with Gasteiger partial charge in [-0.15, -0.1) is 0 Å². The molecule has 1 heterocycles. The number of carbonyl (C=O) groups is 2. The summed E-state index contributed by atoms with van der Waals surface area (Å²) < 4.78 is 15.1. The first-order valence-electron chi connectivity index (χ1n) is 8.90. The molecule has 6 heteroatoms. The summed E-state index contributed by atoms with van der Waals surface area (Å²) in [6, 6.07) is 13.3. The van der Waals surface area contributed by atoms with Crippen LogP contribution >= 0.6 is 0 Å². The number of rotatable bonds is 3. The van der Waals surface area contributed by atoms with Gasteiger partial charge in [0, 0.05) is 22.6 Å². The summed E-state index contributed by atoms with van der Waals surface area (Å²) in [4.78, 5) is 25.0. The van der Waals surface area contributed by atoms with E-state index in [-0.39, 0.29) is 11.7 Å². The maximum absolute atomic E-state index is 13.2. The summed E-state index contributed by atoms with van der Waals surface area (Å²) >= 11 is 0. The smallest absolute Gasteiger partial charge is 0.271 e. The second-order valence-corrected chi connectivity index (χ2v) is 6.82. The summed E-state index contributed by atoms with van der Waals surface area (Å²) in [6.07, 6.45) is 0. The normalized spacial score (nSPS) is 10.6. The molecule has 5 nitrogen and oxygen atoms in total. The van der Waals surface area contributed by atoms with Crippen LogP contribution in [0.1, 0.15) is 43.2 Å². The molecule has 1 aromatic heterocycles. The summed E-state index contributed by atoms with van der Waals surface area (Å²) in [6.45, 7) is 7.41. The van der Waals surface area contributed by atoms with Crippen molar-refractivity contribution in [2.75, 3.05) is 0 Å². The third-order valence-electron chi connectivity index (χ3n) is 4.69. The molecule has 2 N–H and O–H groups in total. The Morgan fingerprint density at radius 3 is 2.07 bits per heavy atom. The second-order valence-electron chi connectivity index (χ2n) is 6.82. The summed E-state index contributed by atoms with van der Waals surface area (Å²) in [5.74, 6) is -1.11. The molecule has 28 heavy (non-hydrogen) atoms.